The predicted molar refractivity (Wildman–Crippen MR) is 164 cm³/mol. The van der Waals surface area contributed by atoms with Gasteiger partial charge in [-0.1, -0.05) is 58.3 Å². The van der Waals surface area contributed by atoms with Crippen LogP contribution in [-0.2, 0) is 9.53 Å². The van der Waals surface area contributed by atoms with Gasteiger partial charge in [-0.05, 0) is 68.3 Å². The molecule has 0 radical (unpaired) electrons. The number of nitrogens with zero attached hydrogens (tertiary/aromatic N) is 2. The highest BCUT2D eigenvalue weighted by atomic mass is 79.9. The van der Waals surface area contributed by atoms with Crippen molar-refractivity contribution in [2.75, 3.05) is 13.7 Å². The minimum atomic E-state index is -0.789. The number of methoxy groups -OCH3 is 1. The number of thiazole rings is 1. The predicted octanol–water partition coefficient (Wildman–Crippen LogP) is 6.57. The second-order valence-electron chi connectivity index (χ2n) is 9.46. The lowest BCUT2D eigenvalue weighted by atomic mass is 9.93. The lowest BCUT2D eigenvalue weighted by Crippen LogP contribution is -2.40. The summed E-state index contributed by atoms with van der Waals surface area (Å²) in [5, 5.41) is 0.611. The van der Waals surface area contributed by atoms with E-state index in [1.165, 1.54) is 11.3 Å². The Kier molecular flexibility index (Phi) is 8.68. The largest absolute Gasteiger partial charge is 0.496 e. The molecule has 1 aliphatic rings. The van der Waals surface area contributed by atoms with Gasteiger partial charge in [-0.2, -0.15) is 0 Å². The highest BCUT2D eigenvalue weighted by Gasteiger charge is 2.36. The number of carbonyl (C=O) groups excluding carboxylic acids is 1. The van der Waals surface area contributed by atoms with Crippen molar-refractivity contribution in [2.24, 2.45) is 4.99 Å². The van der Waals surface area contributed by atoms with Crippen LogP contribution in [-0.4, -0.2) is 24.3 Å². The Bertz CT molecular complexity index is 1850. The van der Waals surface area contributed by atoms with Crippen LogP contribution in [0, 0.1) is 6.92 Å². The molecule has 0 saturated carbocycles. The molecule has 0 aliphatic carbocycles. The summed E-state index contributed by atoms with van der Waals surface area (Å²) in [6, 6.07) is 14.0. The molecule has 0 amide bonds. The maximum atomic E-state index is 14.0. The minimum absolute atomic E-state index is 0.196. The second-order valence-corrected chi connectivity index (χ2v) is 11.8. The summed E-state index contributed by atoms with van der Waals surface area (Å²) in [6.07, 6.45) is 3.01. The third kappa shape index (κ3) is 5.71. The summed E-state index contributed by atoms with van der Waals surface area (Å²) in [5.41, 5.74) is 3.19. The molecule has 41 heavy (non-hydrogen) atoms. The third-order valence-corrected chi connectivity index (χ3v) is 8.46. The monoisotopic (exact) mass is 654 g/mol. The average Bonchev–Trinajstić information content (AvgIpc) is 3.53. The van der Waals surface area contributed by atoms with Crippen molar-refractivity contribution in [3.63, 3.8) is 0 Å². The van der Waals surface area contributed by atoms with Crippen LogP contribution < -0.4 is 19.6 Å². The van der Waals surface area contributed by atoms with E-state index in [0.717, 1.165) is 22.0 Å². The van der Waals surface area contributed by atoms with Gasteiger partial charge in [-0.3, -0.25) is 9.36 Å². The molecule has 2 aromatic heterocycles. The zero-order chi connectivity index (χ0) is 29.3. The van der Waals surface area contributed by atoms with Crippen LogP contribution in [0.15, 0.2) is 78.5 Å². The van der Waals surface area contributed by atoms with Gasteiger partial charge in [-0.15, -0.1) is 0 Å². The van der Waals surface area contributed by atoms with Gasteiger partial charge in [0.15, 0.2) is 4.80 Å². The van der Waals surface area contributed by atoms with Gasteiger partial charge in [0, 0.05) is 26.7 Å². The fourth-order valence-electron chi connectivity index (χ4n) is 4.90. The van der Waals surface area contributed by atoms with Gasteiger partial charge < -0.3 is 13.9 Å². The molecule has 212 valence electrons. The van der Waals surface area contributed by atoms with E-state index < -0.39 is 12.0 Å². The van der Waals surface area contributed by atoms with Crippen LogP contribution in [0.1, 0.15) is 49.6 Å². The maximum Gasteiger partial charge on any atom is 0.338 e. The molecule has 0 bridgehead atoms. The smallest absolute Gasteiger partial charge is 0.338 e. The molecule has 3 heterocycles. The van der Waals surface area contributed by atoms with Gasteiger partial charge in [0.25, 0.3) is 5.56 Å². The third-order valence-electron chi connectivity index (χ3n) is 6.74. The lowest BCUT2D eigenvalue weighted by molar-refractivity contribution is -0.139. The second kappa shape index (κ2) is 12.2. The molecule has 5 rings (SSSR count). The molecule has 10 heteroatoms. The molecule has 0 fully saturated rings. The van der Waals surface area contributed by atoms with Crippen molar-refractivity contribution >= 4 is 50.9 Å². The zero-order valence-electron chi connectivity index (χ0n) is 23.0. The first-order valence-corrected chi connectivity index (χ1v) is 15.2. The number of aryl methyl sites for hydroxylation is 1. The summed E-state index contributed by atoms with van der Waals surface area (Å²) in [6.45, 7) is 5.95. The van der Waals surface area contributed by atoms with E-state index in [2.05, 4.69) is 15.9 Å². The molecule has 0 N–H and O–H groups in total. The highest BCUT2D eigenvalue weighted by molar-refractivity contribution is 9.10. The number of benzene rings is 2. The molecular formula is C31H28BrClN2O5S. The van der Waals surface area contributed by atoms with Gasteiger partial charge in [0.05, 0.1) is 29.5 Å². The van der Waals surface area contributed by atoms with Crippen LogP contribution in [0.2, 0.25) is 5.02 Å². The highest BCUT2D eigenvalue weighted by Crippen LogP contribution is 2.38. The number of hydrogen-bond acceptors (Lipinski definition) is 7. The van der Waals surface area contributed by atoms with E-state index in [1.807, 2.05) is 56.3 Å². The van der Waals surface area contributed by atoms with Crippen LogP contribution in [0.4, 0.5) is 0 Å². The molecule has 1 aliphatic heterocycles. The average molecular weight is 656 g/mol. The molecule has 4 aromatic rings. The Morgan fingerprint density at radius 1 is 1.20 bits per heavy atom. The first-order chi connectivity index (χ1) is 19.7. The fraction of sp³-hybridized carbons (Fsp3) is 0.258. The van der Waals surface area contributed by atoms with Crippen LogP contribution >= 0.6 is 38.9 Å². The number of halogens is 2. The first kappa shape index (κ1) is 29.1. The van der Waals surface area contributed by atoms with Crippen molar-refractivity contribution in [3.05, 3.63) is 106 Å². The Morgan fingerprint density at radius 3 is 2.73 bits per heavy atom. The number of allylic oxidation sites excluding steroid dienone is 1. The number of furan rings is 1. The van der Waals surface area contributed by atoms with E-state index in [9.17, 15) is 9.59 Å². The van der Waals surface area contributed by atoms with E-state index in [4.69, 9.17) is 30.5 Å². The van der Waals surface area contributed by atoms with Gasteiger partial charge in [-0.25, -0.2) is 9.79 Å². The Balaban J connectivity index is 1.72. The van der Waals surface area contributed by atoms with Crippen LogP contribution in [0.3, 0.4) is 0 Å². The van der Waals surface area contributed by atoms with Crippen molar-refractivity contribution in [3.8, 4) is 17.1 Å². The molecule has 0 saturated heterocycles. The number of ether oxygens (including phenoxy) is 2. The van der Waals surface area contributed by atoms with Gasteiger partial charge >= 0.3 is 5.97 Å². The van der Waals surface area contributed by atoms with Crippen molar-refractivity contribution in [2.45, 2.75) is 39.7 Å². The normalized spacial score (nSPS) is 15.1. The molecule has 0 spiro atoms. The molecule has 2 aromatic carbocycles. The van der Waals surface area contributed by atoms with Gasteiger partial charge in [0.2, 0.25) is 0 Å². The number of carbonyl (C=O) groups is 1. The molecular weight excluding hydrogens is 628 g/mol. The van der Waals surface area contributed by atoms with Crippen molar-refractivity contribution < 1.29 is 18.7 Å². The van der Waals surface area contributed by atoms with Crippen molar-refractivity contribution in [1.82, 2.24) is 4.57 Å². The topological polar surface area (TPSA) is 83.0 Å². The Labute approximate surface area is 254 Å². The molecule has 0 unspecified atom stereocenters. The van der Waals surface area contributed by atoms with E-state index in [-0.39, 0.29) is 12.2 Å². The lowest BCUT2D eigenvalue weighted by Gasteiger charge is -2.27. The van der Waals surface area contributed by atoms with E-state index in [1.54, 1.807) is 30.7 Å². The van der Waals surface area contributed by atoms with Gasteiger partial charge in [0.1, 0.15) is 23.3 Å². The summed E-state index contributed by atoms with van der Waals surface area (Å²) in [5.74, 6) is 1.20. The van der Waals surface area contributed by atoms with E-state index in [0.29, 0.717) is 54.9 Å². The Morgan fingerprint density at radius 2 is 2.00 bits per heavy atom. The van der Waals surface area contributed by atoms with Crippen LogP contribution in [0.5, 0.6) is 5.75 Å². The number of hydrogen-bond donors (Lipinski definition) is 0. The number of fused-ring (bicyclic) bond motifs is 1. The molecule has 7 nitrogen and oxygen atoms in total. The first-order valence-electron chi connectivity index (χ1n) is 13.2. The van der Waals surface area contributed by atoms with Crippen molar-refractivity contribution in [1.29, 1.82) is 0 Å². The SMILES string of the molecule is CCCC1=C(C(=O)OCC)[C@@H](c2cc(Br)ccc2OC)n2c(s/c(=C/c3ccc(-c4cc(Cl)ccc4C)o3)c2=O)=N1. The zero-order valence-corrected chi connectivity index (χ0v) is 26.2. The Hall–Kier alpha value is -3.40. The number of esters is 1. The summed E-state index contributed by atoms with van der Waals surface area (Å²) in [4.78, 5) is 32.8. The summed E-state index contributed by atoms with van der Waals surface area (Å²) < 4.78 is 20.0. The van der Waals surface area contributed by atoms with Crippen LogP contribution in [0.25, 0.3) is 17.4 Å². The van der Waals surface area contributed by atoms with E-state index >= 15 is 0 Å². The summed E-state index contributed by atoms with van der Waals surface area (Å²) >= 11 is 11.0. The number of aromatic nitrogens is 1. The maximum absolute atomic E-state index is 14.0. The summed E-state index contributed by atoms with van der Waals surface area (Å²) in [7, 11) is 1.56. The number of rotatable bonds is 8. The molecule has 1 atom stereocenters. The standard InChI is InChI=1S/C31H28BrClN2O5S/c1-5-7-23-27(30(37)39-6-2)28(22-14-18(32)9-12-24(22)38-4)35-29(36)26(41-31(35)34-23)16-20-11-13-25(40-20)21-15-19(33)10-8-17(21)3/h8-16,28H,5-7H2,1-4H3/b26-16+/t28-/m1/s1. The minimum Gasteiger partial charge on any atom is -0.496 e. The quantitative estimate of drug-likeness (QED) is 0.201. The fourth-order valence-corrected chi connectivity index (χ4v) is 6.45.